The second-order valence-electron chi connectivity index (χ2n) is 6.87. The molecule has 0 bridgehead atoms. The van der Waals surface area contributed by atoms with E-state index in [-0.39, 0.29) is 12.2 Å². The van der Waals surface area contributed by atoms with Crippen LogP contribution in [0.2, 0.25) is 0 Å². The lowest BCUT2D eigenvalue weighted by atomic mass is 9.87. The molecule has 1 aromatic heterocycles. The number of benzene rings is 1. The first-order valence-corrected chi connectivity index (χ1v) is 8.67. The predicted molar refractivity (Wildman–Crippen MR) is 94.5 cm³/mol. The Hall–Kier alpha value is -2.19. The Labute approximate surface area is 157 Å². The van der Waals surface area contributed by atoms with Crippen molar-refractivity contribution in [2.45, 2.75) is 44.1 Å². The third-order valence-corrected chi connectivity index (χ3v) is 4.45. The van der Waals surface area contributed by atoms with Crippen LogP contribution in [0.1, 0.15) is 25.0 Å². The summed E-state index contributed by atoms with van der Waals surface area (Å²) in [5.74, 6) is -1.86. The monoisotopic (exact) mass is 376 g/mol. The molecule has 2 heterocycles. The fourth-order valence-corrected chi connectivity index (χ4v) is 3.21. The zero-order valence-corrected chi connectivity index (χ0v) is 15.6. The normalized spacial score (nSPS) is 23.7. The number of hydrogen-bond donors (Lipinski definition) is 1. The molecule has 146 valence electrons. The summed E-state index contributed by atoms with van der Waals surface area (Å²) < 4.78 is 27.4. The summed E-state index contributed by atoms with van der Waals surface area (Å²) in [6, 6.07) is 11.2. The molecular weight excluding hydrogens is 352 g/mol. The first kappa shape index (κ1) is 19.6. The molecular formula is C20H24O7. The molecule has 0 amide bonds. The molecule has 0 unspecified atom stereocenters. The molecule has 0 radical (unpaired) electrons. The molecule has 7 nitrogen and oxygen atoms in total. The summed E-state index contributed by atoms with van der Waals surface area (Å²) in [7, 11) is 1.20. The van der Waals surface area contributed by atoms with Gasteiger partial charge in [0.15, 0.2) is 5.79 Å². The molecule has 1 aliphatic rings. The van der Waals surface area contributed by atoms with Crippen LogP contribution < -0.4 is 0 Å². The fraction of sp³-hybridized carbons (Fsp3) is 0.450. The Morgan fingerprint density at radius 2 is 1.96 bits per heavy atom. The number of methoxy groups -OCH3 is 1. The molecule has 3 atom stereocenters. The number of aliphatic hydroxyl groups is 1. The number of carbonyl (C=O) groups excluding carboxylic acids is 1. The Bertz CT molecular complexity index is 741. The molecule has 1 aromatic carbocycles. The van der Waals surface area contributed by atoms with Crippen molar-refractivity contribution in [3.05, 3.63) is 60.1 Å². The lowest BCUT2D eigenvalue weighted by molar-refractivity contribution is -0.195. The van der Waals surface area contributed by atoms with Gasteiger partial charge in [0.25, 0.3) is 0 Å². The first-order chi connectivity index (χ1) is 12.9. The minimum absolute atomic E-state index is 0.125. The highest BCUT2D eigenvalue weighted by atomic mass is 16.8. The largest absolute Gasteiger partial charge is 0.472 e. The van der Waals surface area contributed by atoms with Gasteiger partial charge >= 0.3 is 5.97 Å². The molecule has 7 heteroatoms. The number of furan rings is 1. The van der Waals surface area contributed by atoms with Crippen LogP contribution in [0, 0.1) is 0 Å². The Morgan fingerprint density at radius 3 is 2.59 bits per heavy atom. The van der Waals surface area contributed by atoms with Crippen molar-refractivity contribution in [2.75, 3.05) is 13.7 Å². The number of esters is 1. The van der Waals surface area contributed by atoms with Gasteiger partial charge in [0, 0.05) is 5.56 Å². The van der Waals surface area contributed by atoms with Gasteiger partial charge in [0.1, 0.15) is 12.2 Å². The Morgan fingerprint density at radius 1 is 1.22 bits per heavy atom. The quantitative estimate of drug-likeness (QED) is 0.742. The van der Waals surface area contributed by atoms with Crippen molar-refractivity contribution < 1.29 is 33.3 Å². The summed E-state index contributed by atoms with van der Waals surface area (Å²) >= 11 is 0. The van der Waals surface area contributed by atoms with Gasteiger partial charge in [0.05, 0.1) is 32.8 Å². The van der Waals surface area contributed by atoms with E-state index in [9.17, 15) is 9.90 Å². The zero-order chi connectivity index (χ0) is 19.5. The van der Waals surface area contributed by atoms with Gasteiger partial charge in [0.2, 0.25) is 5.60 Å². The number of rotatable bonds is 7. The zero-order valence-electron chi connectivity index (χ0n) is 15.6. The van der Waals surface area contributed by atoms with Gasteiger partial charge in [-0.05, 0) is 25.5 Å². The summed E-state index contributed by atoms with van der Waals surface area (Å²) in [4.78, 5) is 12.5. The molecule has 0 saturated carbocycles. The van der Waals surface area contributed by atoms with Crippen molar-refractivity contribution in [1.29, 1.82) is 0 Å². The van der Waals surface area contributed by atoms with E-state index in [2.05, 4.69) is 0 Å². The third-order valence-electron chi connectivity index (χ3n) is 4.45. The summed E-state index contributed by atoms with van der Waals surface area (Å²) in [6.45, 7) is 3.92. The average Bonchev–Trinajstić information content (AvgIpc) is 3.29. The van der Waals surface area contributed by atoms with Gasteiger partial charge < -0.3 is 28.5 Å². The maximum atomic E-state index is 12.5. The van der Waals surface area contributed by atoms with E-state index in [1.54, 1.807) is 13.8 Å². The molecule has 27 heavy (non-hydrogen) atoms. The molecule has 0 aliphatic carbocycles. The maximum absolute atomic E-state index is 12.5. The summed E-state index contributed by atoms with van der Waals surface area (Å²) in [6.07, 6.45) is 0.925. The smallest absolute Gasteiger partial charge is 0.345 e. The SMILES string of the molecule is COC(=O)[C@@](O)(c1ccoc1)[C@@H]1OC(C)(C)O[C@H]1COCc1ccccc1. The van der Waals surface area contributed by atoms with Crippen LogP contribution in [-0.2, 0) is 35.9 Å². The van der Waals surface area contributed by atoms with Crippen molar-refractivity contribution in [1.82, 2.24) is 0 Å². The fourth-order valence-electron chi connectivity index (χ4n) is 3.21. The predicted octanol–water partition coefficient (Wildman–Crippen LogP) is 2.38. The van der Waals surface area contributed by atoms with E-state index < -0.39 is 29.6 Å². The van der Waals surface area contributed by atoms with Crippen LogP contribution in [0.4, 0.5) is 0 Å². The molecule has 2 aromatic rings. The van der Waals surface area contributed by atoms with E-state index in [0.29, 0.717) is 6.61 Å². The van der Waals surface area contributed by atoms with Crippen molar-refractivity contribution in [2.24, 2.45) is 0 Å². The molecule has 1 N–H and O–H groups in total. The second-order valence-corrected chi connectivity index (χ2v) is 6.87. The highest BCUT2D eigenvalue weighted by molar-refractivity contribution is 5.82. The highest BCUT2D eigenvalue weighted by Crippen LogP contribution is 2.40. The number of carbonyl (C=O) groups is 1. The molecule has 1 saturated heterocycles. The maximum Gasteiger partial charge on any atom is 0.345 e. The van der Waals surface area contributed by atoms with Gasteiger partial charge in [-0.1, -0.05) is 30.3 Å². The van der Waals surface area contributed by atoms with E-state index >= 15 is 0 Å². The average molecular weight is 376 g/mol. The van der Waals surface area contributed by atoms with E-state index in [1.165, 1.54) is 25.7 Å². The Balaban J connectivity index is 1.80. The van der Waals surface area contributed by atoms with Crippen LogP contribution in [-0.4, -0.2) is 42.8 Å². The molecule has 1 aliphatic heterocycles. The van der Waals surface area contributed by atoms with Gasteiger partial charge in [-0.3, -0.25) is 0 Å². The summed E-state index contributed by atoms with van der Waals surface area (Å²) in [5, 5.41) is 11.3. The van der Waals surface area contributed by atoms with Gasteiger partial charge in [-0.2, -0.15) is 0 Å². The molecule has 0 spiro atoms. The van der Waals surface area contributed by atoms with Crippen molar-refractivity contribution >= 4 is 5.97 Å². The summed E-state index contributed by atoms with van der Waals surface area (Å²) in [5.41, 5.74) is -0.852. The van der Waals surface area contributed by atoms with E-state index in [1.807, 2.05) is 30.3 Å². The highest BCUT2D eigenvalue weighted by Gasteiger charge is 2.58. The lowest BCUT2D eigenvalue weighted by Crippen LogP contribution is -2.52. The van der Waals surface area contributed by atoms with Crippen LogP contribution in [0.5, 0.6) is 0 Å². The Kier molecular flexibility index (Phi) is 5.67. The number of hydrogen-bond acceptors (Lipinski definition) is 7. The minimum atomic E-state index is -2.09. The standard InChI is InChI=1S/C20H24O7/c1-19(2)26-16(13-25-11-14-7-5-4-6-8-14)17(27-19)20(22,18(21)23-3)15-9-10-24-12-15/h4-10,12,16-17,22H,11,13H2,1-3H3/t16-,17+,20+/m0/s1. The topological polar surface area (TPSA) is 87.4 Å². The lowest BCUT2D eigenvalue weighted by Gasteiger charge is -2.32. The van der Waals surface area contributed by atoms with Crippen LogP contribution in [0.3, 0.4) is 0 Å². The van der Waals surface area contributed by atoms with E-state index in [0.717, 1.165) is 5.56 Å². The molecule has 3 rings (SSSR count). The van der Waals surface area contributed by atoms with Gasteiger partial charge in [-0.15, -0.1) is 0 Å². The van der Waals surface area contributed by atoms with Crippen molar-refractivity contribution in [3.8, 4) is 0 Å². The second kappa shape index (κ2) is 7.82. The number of ether oxygens (including phenoxy) is 4. The van der Waals surface area contributed by atoms with E-state index in [4.69, 9.17) is 23.4 Å². The minimum Gasteiger partial charge on any atom is -0.472 e. The van der Waals surface area contributed by atoms with Gasteiger partial charge in [-0.25, -0.2) is 4.79 Å². The first-order valence-electron chi connectivity index (χ1n) is 8.67. The van der Waals surface area contributed by atoms with Crippen LogP contribution >= 0.6 is 0 Å². The van der Waals surface area contributed by atoms with Crippen LogP contribution in [0.15, 0.2) is 53.3 Å². The van der Waals surface area contributed by atoms with Crippen LogP contribution in [0.25, 0.3) is 0 Å². The van der Waals surface area contributed by atoms with Crippen molar-refractivity contribution in [3.63, 3.8) is 0 Å². The molecule has 1 fully saturated rings. The third kappa shape index (κ3) is 4.06.